The van der Waals surface area contributed by atoms with Gasteiger partial charge in [0.05, 0.1) is 24.8 Å². The van der Waals surface area contributed by atoms with Crippen molar-refractivity contribution < 1.29 is 4.74 Å². The Morgan fingerprint density at radius 1 is 1.15 bits per heavy atom. The van der Waals surface area contributed by atoms with Gasteiger partial charge in [-0.1, -0.05) is 12.1 Å². The Balaban J connectivity index is 1.47. The molecular formula is C20H23N5O. The lowest BCUT2D eigenvalue weighted by molar-refractivity contribution is 0.0798. The molecule has 1 spiro atoms. The molecule has 2 fully saturated rings. The predicted molar refractivity (Wildman–Crippen MR) is 98.5 cm³/mol. The molecule has 2 aliphatic rings. The van der Waals surface area contributed by atoms with Crippen LogP contribution in [0.15, 0.2) is 42.7 Å². The standard InChI is InChI=1S/C20H23N5O/c21-12-17-3-1-4-18(11-17)13-24-9-10-26-16-20(14-24)5-8-25(15-20)19-22-6-2-7-23-19/h1-4,6-7,11H,5,8-10,13-16H2/t20-/m1/s1. The number of hydrogen-bond donors (Lipinski definition) is 0. The highest BCUT2D eigenvalue weighted by molar-refractivity contribution is 5.33. The lowest BCUT2D eigenvalue weighted by Crippen LogP contribution is -2.40. The first-order valence-corrected chi connectivity index (χ1v) is 9.08. The summed E-state index contributed by atoms with van der Waals surface area (Å²) < 4.78 is 5.97. The Morgan fingerprint density at radius 2 is 2.04 bits per heavy atom. The molecule has 1 atom stereocenters. The molecule has 134 valence electrons. The Hall–Kier alpha value is -2.49. The SMILES string of the molecule is N#Cc1cccc(CN2CCOC[C@]3(CCN(c4ncccn4)C3)C2)c1. The summed E-state index contributed by atoms with van der Waals surface area (Å²) in [4.78, 5) is 13.5. The number of aromatic nitrogens is 2. The normalized spacial score (nSPS) is 23.7. The van der Waals surface area contributed by atoms with E-state index < -0.39 is 0 Å². The minimum Gasteiger partial charge on any atom is -0.379 e. The molecule has 26 heavy (non-hydrogen) atoms. The molecule has 3 heterocycles. The van der Waals surface area contributed by atoms with Gasteiger partial charge in [-0.2, -0.15) is 5.26 Å². The van der Waals surface area contributed by atoms with Gasteiger partial charge in [-0.05, 0) is 30.2 Å². The zero-order chi connectivity index (χ0) is 17.8. The summed E-state index contributed by atoms with van der Waals surface area (Å²) in [6.07, 6.45) is 4.68. The van der Waals surface area contributed by atoms with Gasteiger partial charge in [-0.15, -0.1) is 0 Å². The molecule has 6 nitrogen and oxygen atoms in total. The number of nitriles is 1. The highest BCUT2D eigenvalue weighted by atomic mass is 16.5. The van der Waals surface area contributed by atoms with Crippen molar-refractivity contribution in [2.24, 2.45) is 5.41 Å². The third kappa shape index (κ3) is 3.69. The topological polar surface area (TPSA) is 65.3 Å². The fraction of sp³-hybridized carbons (Fsp3) is 0.450. The van der Waals surface area contributed by atoms with E-state index in [0.29, 0.717) is 0 Å². The fourth-order valence-electron chi connectivity index (χ4n) is 4.02. The van der Waals surface area contributed by atoms with Crippen LogP contribution in [0.4, 0.5) is 5.95 Å². The molecule has 0 radical (unpaired) electrons. The molecule has 4 rings (SSSR count). The quantitative estimate of drug-likeness (QED) is 0.845. The molecule has 6 heteroatoms. The molecule has 2 saturated heterocycles. The summed E-state index contributed by atoms with van der Waals surface area (Å²) in [5.74, 6) is 0.807. The first-order chi connectivity index (χ1) is 12.8. The van der Waals surface area contributed by atoms with Gasteiger partial charge in [0.1, 0.15) is 0 Å². The van der Waals surface area contributed by atoms with Crippen LogP contribution in [0.2, 0.25) is 0 Å². The van der Waals surface area contributed by atoms with Crippen molar-refractivity contribution in [3.8, 4) is 6.07 Å². The first kappa shape index (κ1) is 17.0. The highest BCUT2D eigenvalue weighted by Crippen LogP contribution is 2.35. The largest absolute Gasteiger partial charge is 0.379 e. The summed E-state index contributed by atoms with van der Waals surface area (Å²) in [7, 11) is 0. The molecule has 0 aliphatic carbocycles. The van der Waals surface area contributed by atoms with E-state index in [-0.39, 0.29) is 5.41 Å². The summed E-state index contributed by atoms with van der Waals surface area (Å²) in [6, 6.07) is 12.0. The molecule has 0 bridgehead atoms. The maximum atomic E-state index is 9.12. The van der Waals surface area contributed by atoms with Gasteiger partial charge < -0.3 is 9.64 Å². The third-order valence-corrected chi connectivity index (χ3v) is 5.25. The zero-order valence-corrected chi connectivity index (χ0v) is 14.8. The molecule has 0 N–H and O–H groups in total. The molecule has 0 saturated carbocycles. The zero-order valence-electron chi connectivity index (χ0n) is 14.8. The maximum Gasteiger partial charge on any atom is 0.225 e. The smallest absolute Gasteiger partial charge is 0.225 e. The van der Waals surface area contributed by atoms with E-state index in [9.17, 15) is 0 Å². The van der Waals surface area contributed by atoms with Crippen LogP contribution in [0, 0.1) is 16.7 Å². The summed E-state index contributed by atoms with van der Waals surface area (Å²) in [5, 5.41) is 9.12. The van der Waals surface area contributed by atoms with Gasteiger partial charge in [0.15, 0.2) is 0 Å². The van der Waals surface area contributed by atoms with Crippen LogP contribution in [0.25, 0.3) is 0 Å². The molecular weight excluding hydrogens is 326 g/mol. The van der Waals surface area contributed by atoms with E-state index in [2.05, 4.69) is 31.9 Å². The van der Waals surface area contributed by atoms with Crippen LogP contribution in [-0.4, -0.2) is 54.3 Å². The van der Waals surface area contributed by atoms with Crippen LogP contribution in [0.5, 0.6) is 0 Å². The van der Waals surface area contributed by atoms with E-state index in [1.807, 2.05) is 24.3 Å². The minimum absolute atomic E-state index is 0.114. The number of anilines is 1. The molecule has 1 aromatic heterocycles. The Morgan fingerprint density at radius 3 is 2.88 bits per heavy atom. The number of benzene rings is 1. The van der Waals surface area contributed by atoms with Crippen molar-refractivity contribution in [2.45, 2.75) is 13.0 Å². The molecule has 2 aliphatic heterocycles. The van der Waals surface area contributed by atoms with E-state index in [1.54, 1.807) is 12.4 Å². The Labute approximate surface area is 154 Å². The maximum absolute atomic E-state index is 9.12. The Kier molecular flexibility index (Phi) is 4.83. The van der Waals surface area contributed by atoms with Crippen LogP contribution < -0.4 is 4.90 Å². The first-order valence-electron chi connectivity index (χ1n) is 9.08. The fourth-order valence-corrected chi connectivity index (χ4v) is 4.02. The van der Waals surface area contributed by atoms with Crippen molar-refractivity contribution in [3.05, 3.63) is 53.9 Å². The lowest BCUT2D eigenvalue weighted by Gasteiger charge is -2.31. The highest BCUT2D eigenvalue weighted by Gasteiger charge is 2.41. The second-order valence-corrected chi connectivity index (χ2v) is 7.30. The van der Waals surface area contributed by atoms with E-state index in [1.165, 1.54) is 5.56 Å². The molecule has 0 unspecified atom stereocenters. The van der Waals surface area contributed by atoms with Crippen LogP contribution in [0.3, 0.4) is 0 Å². The van der Waals surface area contributed by atoms with Gasteiger partial charge in [-0.3, -0.25) is 4.90 Å². The number of rotatable bonds is 3. The second kappa shape index (κ2) is 7.40. The summed E-state index contributed by atoms with van der Waals surface area (Å²) in [6.45, 7) is 6.18. The van der Waals surface area contributed by atoms with Gasteiger partial charge in [0.2, 0.25) is 5.95 Å². The monoisotopic (exact) mass is 349 g/mol. The van der Waals surface area contributed by atoms with E-state index >= 15 is 0 Å². The van der Waals surface area contributed by atoms with Gasteiger partial charge in [0.25, 0.3) is 0 Å². The second-order valence-electron chi connectivity index (χ2n) is 7.30. The number of ether oxygens (including phenoxy) is 1. The molecule has 1 aromatic carbocycles. The number of hydrogen-bond acceptors (Lipinski definition) is 6. The summed E-state index contributed by atoms with van der Waals surface area (Å²) >= 11 is 0. The average Bonchev–Trinajstić information content (AvgIpc) is 2.99. The molecule has 0 amide bonds. The average molecular weight is 349 g/mol. The third-order valence-electron chi connectivity index (χ3n) is 5.25. The van der Waals surface area contributed by atoms with Gasteiger partial charge in [0, 0.05) is 50.5 Å². The van der Waals surface area contributed by atoms with Crippen molar-refractivity contribution in [1.29, 1.82) is 5.26 Å². The Bertz CT molecular complexity index is 790. The number of nitrogens with zero attached hydrogens (tertiary/aromatic N) is 5. The van der Waals surface area contributed by atoms with E-state index in [0.717, 1.165) is 63.9 Å². The predicted octanol–water partition coefficient (Wildman–Crippen LogP) is 2.08. The van der Waals surface area contributed by atoms with Gasteiger partial charge >= 0.3 is 0 Å². The molecule has 2 aromatic rings. The van der Waals surface area contributed by atoms with Crippen LogP contribution in [0.1, 0.15) is 17.5 Å². The van der Waals surface area contributed by atoms with Crippen LogP contribution in [-0.2, 0) is 11.3 Å². The van der Waals surface area contributed by atoms with Crippen molar-refractivity contribution in [3.63, 3.8) is 0 Å². The van der Waals surface area contributed by atoms with Crippen molar-refractivity contribution >= 4 is 5.95 Å². The van der Waals surface area contributed by atoms with Crippen molar-refractivity contribution in [1.82, 2.24) is 14.9 Å². The van der Waals surface area contributed by atoms with Crippen molar-refractivity contribution in [2.75, 3.05) is 44.3 Å². The van der Waals surface area contributed by atoms with E-state index in [4.69, 9.17) is 10.00 Å². The van der Waals surface area contributed by atoms with Gasteiger partial charge in [-0.25, -0.2) is 9.97 Å². The minimum atomic E-state index is 0.114. The summed E-state index contributed by atoms with van der Waals surface area (Å²) in [5.41, 5.74) is 2.02. The van der Waals surface area contributed by atoms with Crippen LogP contribution >= 0.6 is 0 Å². The lowest BCUT2D eigenvalue weighted by atomic mass is 9.87.